The van der Waals surface area contributed by atoms with Gasteiger partial charge in [-0.05, 0) is 48.9 Å². The minimum absolute atomic E-state index is 0.0156. The second kappa shape index (κ2) is 8.56. The van der Waals surface area contributed by atoms with Crippen LogP contribution < -0.4 is 9.44 Å². The van der Waals surface area contributed by atoms with Crippen molar-refractivity contribution in [2.45, 2.75) is 16.9 Å². The summed E-state index contributed by atoms with van der Waals surface area (Å²) in [5.41, 5.74) is 1.51. The SMILES string of the molecule is Cc1cnc2c(S(=O)(=O)Nc3ccc(Cl)cc3NS(=O)(=O)c3cc4ccccc4o3)cccc2c1. The van der Waals surface area contributed by atoms with E-state index >= 15 is 0 Å². The lowest BCUT2D eigenvalue weighted by Gasteiger charge is -2.15. The number of pyridine rings is 1. The number of nitrogens with one attached hydrogen (secondary N) is 2. The van der Waals surface area contributed by atoms with Gasteiger partial charge in [0.1, 0.15) is 10.5 Å². The highest BCUT2D eigenvalue weighted by Gasteiger charge is 2.24. The maximum absolute atomic E-state index is 13.3. The van der Waals surface area contributed by atoms with Gasteiger partial charge in [0.25, 0.3) is 20.0 Å². The summed E-state index contributed by atoms with van der Waals surface area (Å²) in [6, 6.07) is 19.0. The van der Waals surface area contributed by atoms with E-state index in [1.165, 1.54) is 30.3 Å². The largest absolute Gasteiger partial charge is 0.443 e. The van der Waals surface area contributed by atoms with Gasteiger partial charge in [-0.2, -0.15) is 8.42 Å². The maximum atomic E-state index is 13.3. The number of furan rings is 1. The summed E-state index contributed by atoms with van der Waals surface area (Å²) in [7, 11) is -8.34. The van der Waals surface area contributed by atoms with E-state index in [9.17, 15) is 16.8 Å². The molecule has 0 spiro atoms. The first-order valence-electron chi connectivity index (χ1n) is 10.3. The van der Waals surface area contributed by atoms with E-state index in [-0.39, 0.29) is 26.4 Å². The highest BCUT2D eigenvalue weighted by atomic mass is 35.5. The van der Waals surface area contributed by atoms with Gasteiger partial charge in [-0.1, -0.05) is 41.9 Å². The second-order valence-electron chi connectivity index (χ2n) is 7.84. The zero-order valence-corrected chi connectivity index (χ0v) is 20.6. The van der Waals surface area contributed by atoms with Gasteiger partial charge >= 0.3 is 0 Å². The lowest BCUT2D eigenvalue weighted by atomic mass is 10.2. The molecule has 178 valence electrons. The molecule has 0 aliphatic rings. The Morgan fingerprint density at radius 3 is 2.34 bits per heavy atom. The quantitative estimate of drug-likeness (QED) is 0.299. The number of hydrogen-bond acceptors (Lipinski definition) is 6. The molecule has 11 heteroatoms. The van der Waals surface area contributed by atoms with E-state index in [1.807, 2.05) is 13.0 Å². The summed E-state index contributed by atoms with van der Waals surface area (Å²) < 4.78 is 63.0. The number of halogens is 1. The molecular weight excluding hydrogens is 510 g/mol. The summed E-state index contributed by atoms with van der Waals surface area (Å²) in [5.74, 6) is 0. The van der Waals surface area contributed by atoms with E-state index in [2.05, 4.69) is 14.4 Å². The lowest BCUT2D eigenvalue weighted by molar-refractivity contribution is 0.484. The van der Waals surface area contributed by atoms with Crippen molar-refractivity contribution in [3.63, 3.8) is 0 Å². The van der Waals surface area contributed by atoms with Gasteiger partial charge in [-0.15, -0.1) is 0 Å². The van der Waals surface area contributed by atoms with Crippen molar-refractivity contribution in [3.05, 3.63) is 89.6 Å². The number of fused-ring (bicyclic) bond motifs is 2. The Kier molecular flexibility index (Phi) is 5.66. The molecule has 2 heterocycles. The molecule has 5 rings (SSSR count). The molecule has 35 heavy (non-hydrogen) atoms. The molecule has 0 fully saturated rings. The van der Waals surface area contributed by atoms with Crippen molar-refractivity contribution in [1.82, 2.24) is 4.98 Å². The van der Waals surface area contributed by atoms with Gasteiger partial charge in [0.15, 0.2) is 0 Å². The van der Waals surface area contributed by atoms with Crippen LogP contribution in [0.25, 0.3) is 21.9 Å². The van der Waals surface area contributed by atoms with Crippen LogP contribution >= 0.6 is 11.6 Å². The molecule has 3 aromatic carbocycles. The zero-order chi connectivity index (χ0) is 24.8. The Morgan fingerprint density at radius 1 is 0.800 bits per heavy atom. The molecule has 0 bridgehead atoms. The molecule has 0 radical (unpaired) electrons. The molecule has 5 aromatic rings. The second-order valence-corrected chi connectivity index (χ2v) is 11.5. The van der Waals surface area contributed by atoms with Crippen molar-refractivity contribution in [1.29, 1.82) is 0 Å². The third-order valence-electron chi connectivity index (χ3n) is 5.24. The fraction of sp³-hybridized carbons (Fsp3) is 0.0417. The first-order chi connectivity index (χ1) is 16.6. The number of rotatable bonds is 6. The summed E-state index contributed by atoms with van der Waals surface area (Å²) in [4.78, 5) is 4.24. The summed E-state index contributed by atoms with van der Waals surface area (Å²) >= 11 is 6.09. The number of aromatic nitrogens is 1. The highest BCUT2D eigenvalue weighted by molar-refractivity contribution is 7.93. The topological polar surface area (TPSA) is 118 Å². The van der Waals surface area contributed by atoms with Gasteiger partial charge in [0.05, 0.1) is 16.9 Å². The van der Waals surface area contributed by atoms with Crippen LogP contribution in [0.15, 0.2) is 93.4 Å². The van der Waals surface area contributed by atoms with Crippen LogP contribution in [0.4, 0.5) is 11.4 Å². The molecule has 0 atom stereocenters. The third kappa shape index (κ3) is 4.55. The highest BCUT2D eigenvalue weighted by Crippen LogP contribution is 2.32. The fourth-order valence-corrected chi connectivity index (χ4v) is 6.11. The zero-order valence-electron chi connectivity index (χ0n) is 18.2. The van der Waals surface area contributed by atoms with Crippen LogP contribution in [-0.2, 0) is 20.0 Å². The number of benzene rings is 3. The molecule has 0 aliphatic carbocycles. The van der Waals surface area contributed by atoms with Crippen LogP contribution in [0.2, 0.25) is 5.02 Å². The predicted octanol–water partition coefficient (Wildman–Crippen LogP) is 5.54. The first kappa shape index (κ1) is 23.2. The molecule has 0 saturated heterocycles. The molecule has 8 nitrogen and oxygen atoms in total. The van der Waals surface area contributed by atoms with Gasteiger partial charge in [-0.3, -0.25) is 14.4 Å². The Bertz CT molecular complexity index is 1780. The monoisotopic (exact) mass is 527 g/mol. The van der Waals surface area contributed by atoms with E-state index in [4.69, 9.17) is 16.0 Å². The normalized spacial score (nSPS) is 12.2. The van der Waals surface area contributed by atoms with E-state index in [0.29, 0.717) is 21.9 Å². The minimum Gasteiger partial charge on any atom is -0.443 e. The minimum atomic E-state index is -4.20. The number of hydrogen-bond donors (Lipinski definition) is 2. The number of para-hydroxylation sites is 2. The van der Waals surface area contributed by atoms with Gasteiger partial charge in [0.2, 0.25) is 5.09 Å². The van der Waals surface area contributed by atoms with Crippen LogP contribution in [0.1, 0.15) is 5.56 Å². The summed E-state index contributed by atoms with van der Waals surface area (Å²) in [6.07, 6.45) is 1.58. The van der Waals surface area contributed by atoms with Crippen LogP contribution in [-0.4, -0.2) is 21.8 Å². The predicted molar refractivity (Wildman–Crippen MR) is 136 cm³/mol. The molecule has 2 aromatic heterocycles. The average Bonchev–Trinajstić information content (AvgIpc) is 3.25. The smallest absolute Gasteiger partial charge is 0.295 e. The Hall–Kier alpha value is -3.60. The van der Waals surface area contributed by atoms with Crippen LogP contribution in [0.3, 0.4) is 0 Å². The summed E-state index contributed by atoms with van der Waals surface area (Å²) in [6.45, 7) is 1.86. The van der Waals surface area contributed by atoms with Crippen molar-refractivity contribution in [2.75, 3.05) is 9.44 Å². The maximum Gasteiger partial charge on any atom is 0.295 e. The summed E-state index contributed by atoms with van der Waals surface area (Å²) in [5, 5.41) is 1.16. The number of aryl methyl sites for hydroxylation is 1. The van der Waals surface area contributed by atoms with E-state index < -0.39 is 20.0 Å². The van der Waals surface area contributed by atoms with Crippen molar-refractivity contribution >= 4 is 64.9 Å². The number of anilines is 2. The molecule has 0 unspecified atom stereocenters. The third-order valence-corrected chi connectivity index (χ3v) is 8.09. The lowest BCUT2D eigenvalue weighted by Crippen LogP contribution is -2.17. The van der Waals surface area contributed by atoms with Gasteiger partial charge in [-0.25, -0.2) is 8.42 Å². The molecule has 0 aliphatic heterocycles. The number of sulfonamides is 2. The van der Waals surface area contributed by atoms with Crippen LogP contribution in [0, 0.1) is 6.92 Å². The van der Waals surface area contributed by atoms with Crippen LogP contribution in [0.5, 0.6) is 0 Å². The van der Waals surface area contributed by atoms with Gasteiger partial charge in [0, 0.05) is 28.1 Å². The molecule has 0 amide bonds. The molecule has 2 N–H and O–H groups in total. The van der Waals surface area contributed by atoms with Gasteiger partial charge < -0.3 is 4.42 Å². The standard InChI is InChI=1S/C24H18ClN3O5S2/c1-15-11-17-6-4-8-22(24(17)26-14-15)34(29,30)27-19-10-9-18(25)13-20(19)28-35(31,32)23-12-16-5-2-3-7-21(16)33-23/h2-14,27-28H,1H3. The average molecular weight is 528 g/mol. The Morgan fingerprint density at radius 2 is 1.54 bits per heavy atom. The van der Waals surface area contributed by atoms with Crippen molar-refractivity contribution in [2.24, 2.45) is 0 Å². The Balaban J connectivity index is 1.53. The fourth-order valence-electron chi connectivity index (χ4n) is 3.63. The first-order valence-corrected chi connectivity index (χ1v) is 13.7. The number of nitrogens with zero attached hydrogens (tertiary/aromatic N) is 1. The molecular formula is C24H18ClN3O5S2. The Labute approximate surface area is 206 Å². The molecule has 0 saturated carbocycles. The van der Waals surface area contributed by atoms with Crippen molar-refractivity contribution < 1.29 is 21.3 Å². The van der Waals surface area contributed by atoms with E-state index in [0.717, 1.165) is 5.56 Å². The van der Waals surface area contributed by atoms with Crippen molar-refractivity contribution in [3.8, 4) is 0 Å². The van der Waals surface area contributed by atoms with E-state index in [1.54, 1.807) is 42.6 Å².